The monoisotopic (exact) mass is 388 g/mol. The summed E-state index contributed by atoms with van der Waals surface area (Å²) in [5, 5.41) is 3.41. The topological polar surface area (TPSA) is 75.7 Å². The van der Waals surface area contributed by atoms with Crippen LogP contribution in [0.3, 0.4) is 0 Å². The van der Waals surface area contributed by atoms with Crippen LogP contribution in [0.1, 0.15) is 20.8 Å². The van der Waals surface area contributed by atoms with Crippen LogP contribution in [-0.2, 0) is 19.1 Å². The molecule has 3 amide bonds. The van der Waals surface area contributed by atoms with Gasteiger partial charge in [-0.1, -0.05) is 44.5 Å². The number of nitrogens with one attached hydrogen (secondary N) is 1. The number of nitrogens with zero attached hydrogens (tertiary/aromatic N) is 1. The molecule has 3 aliphatic heterocycles. The number of amides is 3. The molecule has 1 aromatic rings. The van der Waals surface area contributed by atoms with E-state index in [1.165, 1.54) is 4.90 Å². The quantitative estimate of drug-likeness (QED) is 0.637. The molecule has 0 aliphatic carbocycles. The van der Waals surface area contributed by atoms with Gasteiger partial charge in [-0.05, 0) is 24.3 Å². The second-order valence-corrected chi connectivity index (χ2v) is 8.76. The van der Waals surface area contributed by atoms with E-state index in [0.717, 1.165) is 0 Å². The lowest BCUT2D eigenvalue weighted by molar-refractivity contribution is -0.132. The Morgan fingerprint density at radius 3 is 2.52 bits per heavy atom. The summed E-state index contributed by atoms with van der Waals surface area (Å²) in [6, 6.07) is 6.61. The number of carbonyl (C=O) groups excluding carboxylic acids is 3. The van der Waals surface area contributed by atoms with Gasteiger partial charge in [-0.25, -0.2) is 4.90 Å². The van der Waals surface area contributed by atoms with Crippen LogP contribution in [0.15, 0.2) is 36.4 Å². The number of carbonyl (C=O) groups is 3. The highest BCUT2D eigenvalue weighted by molar-refractivity contribution is 6.31. The molecular weight excluding hydrogens is 368 g/mol. The van der Waals surface area contributed by atoms with E-state index < -0.39 is 29.0 Å². The Bertz CT molecular complexity index is 858. The minimum absolute atomic E-state index is 0.132. The number of fused-ring (bicyclic) bond motifs is 5. The molecule has 4 rings (SSSR count). The number of ether oxygens (including phenoxy) is 1. The van der Waals surface area contributed by atoms with Crippen molar-refractivity contribution in [1.82, 2.24) is 5.32 Å². The molecule has 142 valence electrons. The molecule has 2 fully saturated rings. The number of halogens is 1. The summed E-state index contributed by atoms with van der Waals surface area (Å²) in [6.07, 6.45) is 3.19. The Morgan fingerprint density at radius 1 is 1.22 bits per heavy atom. The van der Waals surface area contributed by atoms with E-state index in [9.17, 15) is 14.4 Å². The highest BCUT2D eigenvalue weighted by atomic mass is 35.5. The molecular formula is C20H21ClN2O4. The lowest BCUT2D eigenvalue weighted by Gasteiger charge is -2.30. The second kappa shape index (κ2) is 5.91. The van der Waals surface area contributed by atoms with Gasteiger partial charge in [-0.2, -0.15) is 0 Å². The number of benzene rings is 1. The van der Waals surface area contributed by atoms with Crippen molar-refractivity contribution in [3.05, 3.63) is 41.4 Å². The van der Waals surface area contributed by atoms with Crippen LogP contribution >= 0.6 is 11.6 Å². The molecule has 4 atom stereocenters. The Balaban J connectivity index is 1.62. The predicted octanol–water partition coefficient (Wildman–Crippen LogP) is 2.32. The molecule has 0 saturated carbocycles. The molecule has 0 aromatic heterocycles. The molecule has 7 heteroatoms. The van der Waals surface area contributed by atoms with Crippen LogP contribution in [0.5, 0.6) is 0 Å². The average molecular weight is 389 g/mol. The molecule has 3 heterocycles. The van der Waals surface area contributed by atoms with Crippen LogP contribution in [0.2, 0.25) is 5.02 Å². The van der Waals surface area contributed by atoms with E-state index >= 15 is 0 Å². The Hall–Kier alpha value is -2.18. The third kappa shape index (κ3) is 2.70. The summed E-state index contributed by atoms with van der Waals surface area (Å²) in [7, 11) is 0. The molecule has 2 bridgehead atoms. The van der Waals surface area contributed by atoms with Gasteiger partial charge in [-0.3, -0.25) is 14.4 Å². The Kier molecular flexibility index (Phi) is 3.98. The zero-order valence-corrected chi connectivity index (χ0v) is 16.1. The Labute approximate surface area is 162 Å². The number of hydrogen-bond donors (Lipinski definition) is 1. The van der Waals surface area contributed by atoms with Crippen LogP contribution in [-0.4, -0.2) is 36.0 Å². The smallest absolute Gasteiger partial charge is 0.241 e. The lowest BCUT2D eigenvalue weighted by atomic mass is 9.76. The SMILES string of the molecule is CC(C)(C)C(=O)NC[C@@]12C=C[C@H](O1)[C@@H]1C(=O)N(c3ccc(Cl)cc3)C(=O)[C@@H]12. The van der Waals surface area contributed by atoms with E-state index in [1.54, 1.807) is 24.3 Å². The maximum absolute atomic E-state index is 13.2. The summed E-state index contributed by atoms with van der Waals surface area (Å²) in [5.41, 5.74) is -1.04. The minimum atomic E-state index is -0.982. The van der Waals surface area contributed by atoms with Crippen LogP contribution in [0.25, 0.3) is 0 Å². The molecule has 0 spiro atoms. The zero-order valence-electron chi connectivity index (χ0n) is 15.4. The summed E-state index contributed by atoms with van der Waals surface area (Å²) in [6.45, 7) is 5.61. The maximum atomic E-state index is 13.2. The predicted molar refractivity (Wildman–Crippen MR) is 100 cm³/mol. The van der Waals surface area contributed by atoms with E-state index in [-0.39, 0.29) is 24.3 Å². The van der Waals surface area contributed by atoms with Gasteiger partial charge in [-0.15, -0.1) is 0 Å². The first-order valence-electron chi connectivity index (χ1n) is 8.93. The normalized spacial score (nSPS) is 31.6. The van der Waals surface area contributed by atoms with Gasteiger partial charge in [0, 0.05) is 10.4 Å². The summed E-state index contributed by atoms with van der Waals surface area (Å²) < 4.78 is 6.02. The van der Waals surface area contributed by atoms with Gasteiger partial charge in [0.1, 0.15) is 5.60 Å². The van der Waals surface area contributed by atoms with E-state index in [2.05, 4.69) is 5.32 Å². The average Bonchev–Trinajstić information content (AvgIpc) is 3.24. The van der Waals surface area contributed by atoms with Crippen molar-refractivity contribution in [2.75, 3.05) is 11.4 Å². The molecule has 3 aliphatic rings. The minimum Gasteiger partial charge on any atom is -0.360 e. The number of rotatable bonds is 3. The lowest BCUT2D eigenvalue weighted by Crippen LogP contribution is -2.50. The standard InChI is InChI=1S/C20H21ClN2O4/c1-19(2,3)18(26)22-10-20-9-8-13(27-20)14-15(20)17(25)23(16(14)24)12-6-4-11(21)5-7-12/h4-9,13-15H,10H2,1-3H3,(H,22,26)/t13-,14-,15+,20+/m0/s1. The first kappa shape index (κ1) is 18.2. The number of imide groups is 1. The van der Waals surface area contributed by atoms with Gasteiger partial charge in [0.15, 0.2) is 0 Å². The summed E-state index contributed by atoms with van der Waals surface area (Å²) in [5.74, 6) is -1.91. The third-order valence-electron chi connectivity index (χ3n) is 5.45. The van der Waals surface area contributed by atoms with Gasteiger partial charge in [0.05, 0.1) is 30.2 Å². The Morgan fingerprint density at radius 2 is 1.89 bits per heavy atom. The van der Waals surface area contributed by atoms with Crippen molar-refractivity contribution in [2.24, 2.45) is 17.3 Å². The molecule has 0 radical (unpaired) electrons. The number of anilines is 1. The van der Waals surface area contributed by atoms with Gasteiger partial charge in [0.25, 0.3) is 0 Å². The largest absolute Gasteiger partial charge is 0.360 e. The highest BCUT2D eigenvalue weighted by Crippen LogP contribution is 2.52. The van der Waals surface area contributed by atoms with E-state index in [4.69, 9.17) is 16.3 Å². The molecule has 0 unspecified atom stereocenters. The van der Waals surface area contributed by atoms with Crippen molar-refractivity contribution >= 4 is 35.0 Å². The highest BCUT2D eigenvalue weighted by Gasteiger charge is 2.67. The number of hydrogen-bond acceptors (Lipinski definition) is 4. The molecule has 1 N–H and O–H groups in total. The molecule has 1 aromatic carbocycles. The van der Waals surface area contributed by atoms with Gasteiger partial charge in [0.2, 0.25) is 17.7 Å². The fourth-order valence-electron chi connectivity index (χ4n) is 4.03. The first-order valence-corrected chi connectivity index (χ1v) is 9.31. The first-order chi connectivity index (χ1) is 12.6. The van der Waals surface area contributed by atoms with Crippen LogP contribution < -0.4 is 10.2 Å². The summed E-state index contributed by atoms with van der Waals surface area (Å²) in [4.78, 5) is 39.6. The fourth-order valence-corrected chi connectivity index (χ4v) is 4.16. The molecule has 27 heavy (non-hydrogen) atoms. The van der Waals surface area contributed by atoms with Crippen LogP contribution in [0.4, 0.5) is 5.69 Å². The van der Waals surface area contributed by atoms with Gasteiger partial charge < -0.3 is 10.1 Å². The fraction of sp³-hybridized carbons (Fsp3) is 0.450. The van der Waals surface area contributed by atoms with Crippen molar-refractivity contribution in [3.63, 3.8) is 0 Å². The van der Waals surface area contributed by atoms with Crippen LogP contribution in [0, 0.1) is 17.3 Å². The van der Waals surface area contributed by atoms with Crippen molar-refractivity contribution < 1.29 is 19.1 Å². The molecule has 2 saturated heterocycles. The van der Waals surface area contributed by atoms with Gasteiger partial charge >= 0.3 is 0 Å². The zero-order chi connectivity index (χ0) is 19.6. The second-order valence-electron chi connectivity index (χ2n) is 8.32. The molecule has 6 nitrogen and oxygen atoms in total. The van der Waals surface area contributed by atoms with E-state index in [0.29, 0.717) is 10.7 Å². The summed E-state index contributed by atoms with van der Waals surface area (Å²) >= 11 is 5.91. The third-order valence-corrected chi connectivity index (χ3v) is 5.70. The maximum Gasteiger partial charge on any atom is 0.241 e. The van der Waals surface area contributed by atoms with E-state index in [1.807, 2.05) is 32.9 Å². The van der Waals surface area contributed by atoms with Crippen molar-refractivity contribution in [2.45, 2.75) is 32.5 Å². The van der Waals surface area contributed by atoms with Crippen molar-refractivity contribution in [3.8, 4) is 0 Å². The van der Waals surface area contributed by atoms with Crippen molar-refractivity contribution in [1.29, 1.82) is 0 Å².